The van der Waals surface area contributed by atoms with Gasteiger partial charge in [-0.1, -0.05) is 29.3 Å². The Hall–Kier alpha value is -2.04. The van der Waals surface area contributed by atoms with Crippen LogP contribution in [0.1, 0.15) is 28.8 Å². The molecular weight excluding hydrogens is 371 g/mol. The molecule has 1 N–H and O–H groups in total. The first-order chi connectivity index (χ1) is 12.4. The van der Waals surface area contributed by atoms with Gasteiger partial charge in [-0.2, -0.15) is 0 Å². The lowest BCUT2D eigenvalue weighted by molar-refractivity contribution is -0.121. The molecule has 4 nitrogen and oxygen atoms in total. The number of hydrogen-bond acceptors (Lipinski definition) is 2. The molecule has 1 unspecified atom stereocenters. The van der Waals surface area contributed by atoms with E-state index in [1.165, 1.54) is 0 Å². The molecule has 0 aliphatic carbocycles. The summed E-state index contributed by atoms with van der Waals surface area (Å²) in [4.78, 5) is 27.0. The number of carbonyl (C=O) groups is 2. The first-order valence-electron chi connectivity index (χ1n) is 8.56. The number of nitrogens with one attached hydrogen (secondary N) is 1. The number of aryl methyl sites for hydroxylation is 1. The number of anilines is 1. The summed E-state index contributed by atoms with van der Waals surface area (Å²) in [5, 5.41) is 3.99. The zero-order chi connectivity index (χ0) is 18.7. The van der Waals surface area contributed by atoms with Crippen molar-refractivity contribution in [2.75, 3.05) is 18.4 Å². The van der Waals surface area contributed by atoms with Crippen LogP contribution in [-0.4, -0.2) is 29.8 Å². The topological polar surface area (TPSA) is 49.4 Å². The Morgan fingerprint density at radius 1 is 1.12 bits per heavy atom. The van der Waals surface area contributed by atoms with Gasteiger partial charge in [0.25, 0.3) is 5.91 Å². The largest absolute Gasteiger partial charge is 0.338 e. The average Bonchev–Trinajstić information content (AvgIpc) is 2.64. The SMILES string of the molecule is Cc1ccc(NC(=O)C2CCCN(C(=O)c3ccc(Cl)cc3)C2)c(Cl)c1. The molecule has 2 aromatic carbocycles. The number of piperidine rings is 1. The van der Waals surface area contributed by atoms with Gasteiger partial charge in [0.05, 0.1) is 16.6 Å². The third kappa shape index (κ3) is 4.37. The molecule has 2 aromatic rings. The van der Waals surface area contributed by atoms with Crippen molar-refractivity contribution in [3.8, 4) is 0 Å². The van der Waals surface area contributed by atoms with E-state index in [9.17, 15) is 9.59 Å². The highest BCUT2D eigenvalue weighted by molar-refractivity contribution is 6.33. The van der Waals surface area contributed by atoms with Gasteiger partial charge in [-0.05, 0) is 61.7 Å². The van der Waals surface area contributed by atoms with Crippen LogP contribution in [0.25, 0.3) is 0 Å². The summed E-state index contributed by atoms with van der Waals surface area (Å²) in [6, 6.07) is 12.3. The monoisotopic (exact) mass is 390 g/mol. The molecule has 1 aliphatic rings. The Balaban J connectivity index is 1.66. The molecule has 1 saturated heterocycles. The van der Waals surface area contributed by atoms with Crippen molar-refractivity contribution >= 4 is 40.7 Å². The molecule has 26 heavy (non-hydrogen) atoms. The van der Waals surface area contributed by atoms with Crippen molar-refractivity contribution in [1.82, 2.24) is 4.90 Å². The van der Waals surface area contributed by atoms with E-state index in [-0.39, 0.29) is 17.7 Å². The van der Waals surface area contributed by atoms with Crippen LogP contribution in [0.4, 0.5) is 5.69 Å². The standard InChI is InChI=1S/C20H20Cl2N2O2/c1-13-4-9-18(17(22)11-13)23-19(25)15-3-2-10-24(12-15)20(26)14-5-7-16(21)8-6-14/h4-9,11,15H,2-3,10,12H2,1H3,(H,23,25). The van der Waals surface area contributed by atoms with Gasteiger partial charge in [-0.3, -0.25) is 9.59 Å². The molecule has 0 bridgehead atoms. The number of benzene rings is 2. The molecular formula is C20H20Cl2N2O2. The summed E-state index contributed by atoms with van der Waals surface area (Å²) in [5.74, 6) is -0.436. The second-order valence-electron chi connectivity index (χ2n) is 6.57. The Morgan fingerprint density at radius 2 is 1.85 bits per heavy atom. The van der Waals surface area contributed by atoms with Crippen LogP contribution in [0.15, 0.2) is 42.5 Å². The summed E-state index contributed by atoms with van der Waals surface area (Å²) in [6.07, 6.45) is 1.54. The lowest BCUT2D eigenvalue weighted by Gasteiger charge is -2.32. The van der Waals surface area contributed by atoms with Gasteiger partial charge in [0.1, 0.15) is 0 Å². The van der Waals surface area contributed by atoms with E-state index in [4.69, 9.17) is 23.2 Å². The molecule has 6 heteroatoms. The zero-order valence-corrected chi connectivity index (χ0v) is 16.0. The maximum absolute atomic E-state index is 12.7. The van der Waals surface area contributed by atoms with Crippen LogP contribution in [-0.2, 0) is 4.79 Å². The van der Waals surface area contributed by atoms with E-state index in [0.29, 0.717) is 34.4 Å². The van der Waals surface area contributed by atoms with Crippen molar-refractivity contribution < 1.29 is 9.59 Å². The smallest absolute Gasteiger partial charge is 0.253 e. The van der Waals surface area contributed by atoms with Crippen molar-refractivity contribution in [2.24, 2.45) is 5.92 Å². The normalized spacial score (nSPS) is 17.0. The molecule has 1 aliphatic heterocycles. The van der Waals surface area contributed by atoms with Crippen LogP contribution < -0.4 is 5.32 Å². The van der Waals surface area contributed by atoms with Gasteiger partial charge >= 0.3 is 0 Å². The molecule has 0 spiro atoms. The second kappa shape index (κ2) is 8.11. The first kappa shape index (κ1) is 18.7. The van der Waals surface area contributed by atoms with Crippen LogP contribution in [0, 0.1) is 12.8 Å². The molecule has 0 aromatic heterocycles. The first-order valence-corrected chi connectivity index (χ1v) is 9.31. The number of likely N-dealkylation sites (tertiary alicyclic amines) is 1. The minimum atomic E-state index is -0.252. The van der Waals surface area contributed by atoms with Crippen molar-refractivity contribution in [3.63, 3.8) is 0 Å². The highest BCUT2D eigenvalue weighted by Gasteiger charge is 2.29. The minimum Gasteiger partial charge on any atom is -0.338 e. The number of hydrogen-bond donors (Lipinski definition) is 1. The summed E-state index contributed by atoms with van der Waals surface area (Å²) in [5.41, 5.74) is 2.21. The highest BCUT2D eigenvalue weighted by atomic mass is 35.5. The fourth-order valence-corrected chi connectivity index (χ4v) is 3.52. The zero-order valence-electron chi connectivity index (χ0n) is 14.5. The molecule has 136 valence electrons. The molecule has 1 fully saturated rings. The van der Waals surface area contributed by atoms with E-state index >= 15 is 0 Å². The van der Waals surface area contributed by atoms with Gasteiger partial charge in [0.2, 0.25) is 5.91 Å². The maximum Gasteiger partial charge on any atom is 0.253 e. The third-order valence-corrected chi connectivity index (χ3v) is 5.12. The van der Waals surface area contributed by atoms with Crippen molar-refractivity contribution in [3.05, 3.63) is 63.6 Å². The van der Waals surface area contributed by atoms with Crippen molar-refractivity contribution in [2.45, 2.75) is 19.8 Å². The number of nitrogens with zero attached hydrogens (tertiary/aromatic N) is 1. The van der Waals surface area contributed by atoms with E-state index in [2.05, 4.69) is 5.32 Å². The number of amides is 2. The molecule has 1 atom stereocenters. The van der Waals surface area contributed by atoms with Gasteiger partial charge in [0.15, 0.2) is 0 Å². The molecule has 3 rings (SSSR count). The maximum atomic E-state index is 12.7. The molecule has 2 amide bonds. The molecule has 0 saturated carbocycles. The Morgan fingerprint density at radius 3 is 2.54 bits per heavy atom. The predicted octanol–water partition coefficient (Wildman–Crippen LogP) is 4.79. The highest BCUT2D eigenvalue weighted by Crippen LogP contribution is 2.25. The number of rotatable bonds is 3. The molecule has 1 heterocycles. The number of carbonyl (C=O) groups excluding carboxylic acids is 2. The van der Waals surface area contributed by atoms with Gasteiger partial charge in [0, 0.05) is 23.7 Å². The summed E-state index contributed by atoms with van der Waals surface area (Å²) >= 11 is 12.1. The van der Waals surface area contributed by atoms with Crippen LogP contribution in [0.2, 0.25) is 10.0 Å². The van der Waals surface area contributed by atoms with Crippen LogP contribution in [0.5, 0.6) is 0 Å². The summed E-state index contributed by atoms with van der Waals surface area (Å²) in [7, 11) is 0. The second-order valence-corrected chi connectivity index (χ2v) is 7.41. The lowest BCUT2D eigenvalue weighted by atomic mass is 9.96. The summed E-state index contributed by atoms with van der Waals surface area (Å²) in [6.45, 7) is 2.99. The lowest BCUT2D eigenvalue weighted by Crippen LogP contribution is -2.43. The van der Waals surface area contributed by atoms with E-state index in [1.807, 2.05) is 19.1 Å². The quantitative estimate of drug-likeness (QED) is 0.818. The number of halogens is 2. The van der Waals surface area contributed by atoms with Gasteiger partial charge < -0.3 is 10.2 Å². The third-order valence-electron chi connectivity index (χ3n) is 4.55. The van der Waals surface area contributed by atoms with Crippen LogP contribution >= 0.6 is 23.2 Å². The fourth-order valence-electron chi connectivity index (χ4n) is 3.11. The fraction of sp³-hybridized carbons (Fsp3) is 0.300. The van der Waals surface area contributed by atoms with E-state index in [1.54, 1.807) is 35.2 Å². The minimum absolute atomic E-state index is 0.0764. The Bertz CT molecular complexity index is 821. The van der Waals surface area contributed by atoms with Crippen LogP contribution in [0.3, 0.4) is 0 Å². The summed E-state index contributed by atoms with van der Waals surface area (Å²) < 4.78 is 0. The Kier molecular flexibility index (Phi) is 5.84. The Labute approximate surface area is 163 Å². The molecule has 0 radical (unpaired) electrons. The average molecular weight is 391 g/mol. The predicted molar refractivity (Wildman–Crippen MR) is 105 cm³/mol. The van der Waals surface area contributed by atoms with E-state index < -0.39 is 0 Å². The van der Waals surface area contributed by atoms with Gasteiger partial charge in [-0.15, -0.1) is 0 Å². The van der Waals surface area contributed by atoms with Gasteiger partial charge in [-0.25, -0.2) is 0 Å². The van der Waals surface area contributed by atoms with Crippen molar-refractivity contribution in [1.29, 1.82) is 0 Å². The van der Waals surface area contributed by atoms with E-state index in [0.717, 1.165) is 18.4 Å².